The average molecular weight is 156 g/mol. The first kappa shape index (κ1) is 9.13. The molecular weight excluding hydrogens is 152 g/mol. The van der Waals surface area contributed by atoms with Crippen molar-refractivity contribution in [2.24, 2.45) is 0 Å². The average Bonchev–Trinajstić information content (AvgIpc) is 1.81. The molecule has 5 heteroatoms. The molecule has 0 aliphatic rings. The predicted molar refractivity (Wildman–Crippen MR) is 25.9 cm³/mol. The van der Waals surface area contributed by atoms with Crippen LogP contribution in [0.5, 0.6) is 0 Å². The van der Waals surface area contributed by atoms with Crippen LogP contribution in [0.4, 0.5) is 17.6 Å². The van der Waals surface area contributed by atoms with Gasteiger partial charge in [-0.3, -0.25) is 4.79 Å². The molecule has 0 saturated carbocycles. The molecule has 0 aliphatic heterocycles. The summed E-state index contributed by atoms with van der Waals surface area (Å²) in [5.74, 6) is -1.39. The van der Waals surface area contributed by atoms with Crippen LogP contribution in [0.1, 0.15) is 6.42 Å². The van der Waals surface area contributed by atoms with Crippen molar-refractivity contribution < 1.29 is 22.4 Å². The molecule has 0 aromatic carbocycles. The van der Waals surface area contributed by atoms with E-state index in [1.165, 1.54) is 0 Å². The molecule has 1 nitrogen and oxygen atoms in total. The molecule has 0 fully saturated rings. The number of allylic oxidation sites excluding steroid dienone is 2. The lowest BCUT2D eigenvalue weighted by Crippen LogP contribution is -2.04. The van der Waals surface area contributed by atoms with Crippen molar-refractivity contribution in [3.05, 3.63) is 11.9 Å². The van der Waals surface area contributed by atoms with Crippen molar-refractivity contribution in [2.45, 2.75) is 12.6 Å². The van der Waals surface area contributed by atoms with Gasteiger partial charge in [0.2, 0.25) is 0 Å². The van der Waals surface area contributed by atoms with Crippen molar-refractivity contribution in [3.63, 3.8) is 0 Å². The maximum Gasteiger partial charge on any atom is 0.392 e. The number of carbonyl (C=O) groups excluding carboxylic acids is 1. The Labute approximate surface area is 54.3 Å². The van der Waals surface area contributed by atoms with Crippen molar-refractivity contribution >= 4 is 6.29 Å². The van der Waals surface area contributed by atoms with E-state index in [0.29, 0.717) is 0 Å². The highest BCUT2D eigenvalue weighted by Gasteiger charge is 2.25. The van der Waals surface area contributed by atoms with Gasteiger partial charge < -0.3 is 0 Å². The maximum atomic E-state index is 11.7. The Morgan fingerprint density at radius 1 is 1.40 bits per heavy atom. The fraction of sp³-hybridized carbons (Fsp3) is 0.400. The fourth-order valence-corrected chi connectivity index (χ4v) is 0.261. The lowest BCUT2D eigenvalue weighted by atomic mass is 10.4. The molecular formula is C5H4F4O. The third-order valence-corrected chi connectivity index (χ3v) is 0.641. The van der Waals surface area contributed by atoms with Gasteiger partial charge in [-0.2, -0.15) is 13.2 Å². The molecule has 0 aliphatic carbocycles. The highest BCUT2D eigenvalue weighted by atomic mass is 19.4. The Balaban J connectivity index is 3.84. The Bertz CT molecular complexity index is 146. The molecule has 10 heavy (non-hydrogen) atoms. The molecule has 0 aromatic heterocycles. The summed E-state index contributed by atoms with van der Waals surface area (Å²) in [5, 5.41) is 0. The van der Waals surface area contributed by atoms with Gasteiger partial charge in [-0.25, -0.2) is 4.39 Å². The zero-order valence-corrected chi connectivity index (χ0v) is 4.78. The summed E-state index contributed by atoms with van der Waals surface area (Å²) in [7, 11) is 0. The van der Waals surface area contributed by atoms with Crippen LogP contribution >= 0.6 is 0 Å². The first-order chi connectivity index (χ1) is 4.45. The summed E-state index contributed by atoms with van der Waals surface area (Å²) in [6.45, 7) is 0. The van der Waals surface area contributed by atoms with Crippen molar-refractivity contribution in [3.8, 4) is 0 Å². The van der Waals surface area contributed by atoms with E-state index in [4.69, 9.17) is 0 Å². The third-order valence-electron chi connectivity index (χ3n) is 0.641. The molecule has 0 aromatic rings. The number of hydrogen-bond acceptors (Lipinski definition) is 1. The summed E-state index contributed by atoms with van der Waals surface area (Å²) in [5.41, 5.74) is 0. The number of hydrogen-bond donors (Lipinski definition) is 0. The zero-order valence-electron chi connectivity index (χ0n) is 4.78. The monoisotopic (exact) mass is 156 g/mol. The van der Waals surface area contributed by atoms with Crippen LogP contribution in [0.3, 0.4) is 0 Å². The summed E-state index contributed by atoms with van der Waals surface area (Å²) < 4.78 is 45.3. The fourth-order valence-electron chi connectivity index (χ4n) is 0.261. The smallest absolute Gasteiger partial charge is 0.295 e. The Kier molecular flexibility index (Phi) is 3.05. The van der Waals surface area contributed by atoms with E-state index in [9.17, 15) is 22.4 Å². The summed E-state index contributed by atoms with van der Waals surface area (Å²) in [6, 6.07) is 0. The molecule has 0 N–H and O–H groups in total. The van der Waals surface area contributed by atoms with Gasteiger partial charge in [0.15, 0.2) is 12.1 Å². The minimum atomic E-state index is -4.44. The van der Waals surface area contributed by atoms with Gasteiger partial charge >= 0.3 is 6.18 Å². The molecule has 0 atom stereocenters. The second-order valence-corrected chi connectivity index (χ2v) is 1.53. The normalized spacial score (nSPS) is 13.4. The summed E-state index contributed by atoms with van der Waals surface area (Å²) in [6.07, 6.45) is -5.93. The van der Waals surface area contributed by atoms with Gasteiger partial charge in [0.05, 0.1) is 6.42 Å². The molecule has 0 saturated heterocycles. The van der Waals surface area contributed by atoms with E-state index in [1.807, 2.05) is 0 Å². The van der Waals surface area contributed by atoms with Crippen LogP contribution in [0.25, 0.3) is 0 Å². The zero-order chi connectivity index (χ0) is 8.20. The summed E-state index contributed by atoms with van der Waals surface area (Å²) in [4.78, 5) is 9.41. The standard InChI is InChI=1S/C5H4F4O/c6-4(3-10)1-2-5(7,8)9/h1,3H,2H2. The molecule has 0 bridgehead atoms. The Morgan fingerprint density at radius 2 is 1.90 bits per heavy atom. The van der Waals surface area contributed by atoms with E-state index in [2.05, 4.69) is 0 Å². The van der Waals surface area contributed by atoms with Crippen molar-refractivity contribution in [1.29, 1.82) is 0 Å². The van der Waals surface area contributed by atoms with E-state index in [0.717, 1.165) is 0 Å². The van der Waals surface area contributed by atoms with Crippen LogP contribution in [-0.2, 0) is 4.79 Å². The highest BCUT2D eigenvalue weighted by Crippen LogP contribution is 2.20. The number of aldehydes is 1. The van der Waals surface area contributed by atoms with E-state index < -0.39 is 18.4 Å². The Hall–Kier alpha value is -0.870. The minimum absolute atomic E-state index is 0.188. The van der Waals surface area contributed by atoms with Gasteiger partial charge in [0.1, 0.15) is 0 Å². The molecule has 58 valence electrons. The van der Waals surface area contributed by atoms with E-state index >= 15 is 0 Å². The first-order valence-electron chi connectivity index (χ1n) is 2.33. The van der Waals surface area contributed by atoms with E-state index in [-0.39, 0.29) is 12.4 Å². The lowest BCUT2D eigenvalue weighted by Gasteiger charge is -1.99. The van der Waals surface area contributed by atoms with Crippen molar-refractivity contribution in [1.82, 2.24) is 0 Å². The predicted octanol–water partition coefficient (Wildman–Crippen LogP) is 1.99. The second-order valence-electron chi connectivity index (χ2n) is 1.53. The maximum absolute atomic E-state index is 11.7. The molecule has 0 heterocycles. The van der Waals surface area contributed by atoms with Crippen molar-refractivity contribution in [2.75, 3.05) is 0 Å². The third kappa shape index (κ3) is 5.27. The highest BCUT2D eigenvalue weighted by molar-refractivity contribution is 5.69. The molecule has 0 amide bonds. The number of carbonyl (C=O) groups is 1. The summed E-state index contributed by atoms with van der Waals surface area (Å²) >= 11 is 0. The number of rotatable bonds is 2. The quantitative estimate of drug-likeness (QED) is 0.339. The van der Waals surface area contributed by atoms with Gasteiger partial charge in [-0.1, -0.05) is 0 Å². The Morgan fingerprint density at radius 3 is 2.20 bits per heavy atom. The van der Waals surface area contributed by atoms with Crippen LogP contribution in [0.2, 0.25) is 0 Å². The first-order valence-corrected chi connectivity index (χ1v) is 2.33. The number of halogens is 4. The van der Waals surface area contributed by atoms with Crippen LogP contribution in [-0.4, -0.2) is 12.5 Å². The van der Waals surface area contributed by atoms with Gasteiger partial charge in [0, 0.05) is 0 Å². The topological polar surface area (TPSA) is 17.1 Å². The second kappa shape index (κ2) is 3.34. The van der Waals surface area contributed by atoms with Crippen LogP contribution in [0.15, 0.2) is 11.9 Å². The van der Waals surface area contributed by atoms with Gasteiger partial charge in [-0.15, -0.1) is 0 Å². The molecule has 0 rings (SSSR count). The number of alkyl halides is 3. The minimum Gasteiger partial charge on any atom is -0.295 e. The van der Waals surface area contributed by atoms with Crippen LogP contribution < -0.4 is 0 Å². The molecule has 0 radical (unpaired) electrons. The van der Waals surface area contributed by atoms with E-state index in [1.54, 1.807) is 0 Å². The molecule has 0 spiro atoms. The lowest BCUT2D eigenvalue weighted by molar-refractivity contribution is -0.125. The van der Waals surface area contributed by atoms with Gasteiger partial charge in [-0.05, 0) is 6.08 Å². The van der Waals surface area contributed by atoms with Crippen LogP contribution in [0, 0.1) is 0 Å². The molecule has 0 unspecified atom stereocenters. The SMILES string of the molecule is O=CC(F)=CCC(F)(F)F. The largest absolute Gasteiger partial charge is 0.392 e. The van der Waals surface area contributed by atoms with Gasteiger partial charge in [0.25, 0.3) is 0 Å².